The van der Waals surface area contributed by atoms with Crippen molar-refractivity contribution in [1.82, 2.24) is 5.32 Å². The SMILES string of the molecule is CCCCC(NC1CCS(=O)CC1)C(=O)OC. The first-order valence-corrected chi connectivity index (χ1v) is 7.85. The van der Waals surface area contributed by atoms with Crippen molar-refractivity contribution < 1.29 is 13.7 Å². The van der Waals surface area contributed by atoms with Gasteiger partial charge in [-0.2, -0.15) is 0 Å². The fourth-order valence-electron chi connectivity index (χ4n) is 2.06. The molecule has 5 heteroatoms. The van der Waals surface area contributed by atoms with Gasteiger partial charge in [-0.15, -0.1) is 0 Å². The summed E-state index contributed by atoms with van der Waals surface area (Å²) in [6.45, 7) is 2.11. The van der Waals surface area contributed by atoms with Crippen molar-refractivity contribution >= 4 is 16.8 Å². The van der Waals surface area contributed by atoms with Gasteiger partial charge in [0.15, 0.2) is 0 Å². The second-order valence-electron chi connectivity index (χ2n) is 4.51. The lowest BCUT2D eigenvalue weighted by Gasteiger charge is -2.26. The highest BCUT2D eigenvalue weighted by molar-refractivity contribution is 7.85. The van der Waals surface area contributed by atoms with Crippen LogP contribution in [0.5, 0.6) is 0 Å². The van der Waals surface area contributed by atoms with E-state index in [0.717, 1.165) is 43.6 Å². The number of unbranched alkanes of at least 4 members (excludes halogenated alkanes) is 1. The summed E-state index contributed by atoms with van der Waals surface area (Å²) in [5.74, 6) is 1.32. The van der Waals surface area contributed by atoms with Crippen LogP contribution in [0.3, 0.4) is 0 Å². The van der Waals surface area contributed by atoms with E-state index < -0.39 is 10.8 Å². The fourth-order valence-corrected chi connectivity index (χ4v) is 3.36. The van der Waals surface area contributed by atoms with Crippen LogP contribution in [0.2, 0.25) is 0 Å². The molecule has 1 heterocycles. The lowest BCUT2D eigenvalue weighted by atomic mass is 10.1. The lowest BCUT2D eigenvalue weighted by molar-refractivity contribution is -0.143. The number of nitrogens with one attached hydrogen (secondary N) is 1. The van der Waals surface area contributed by atoms with Crippen molar-refractivity contribution in [3.05, 3.63) is 0 Å². The van der Waals surface area contributed by atoms with E-state index in [1.165, 1.54) is 7.11 Å². The molecule has 4 nitrogen and oxygen atoms in total. The third-order valence-electron chi connectivity index (χ3n) is 3.16. The van der Waals surface area contributed by atoms with Gasteiger partial charge < -0.3 is 10.1 Å². The van der Waals surface area contributed by atoms with Crippen LogP contribution >= 0.6 is 0 Å². The van der Waals surface area contributed by atoms with E-state index >= 15 is 0 Å². The Bertz CT molecular complexity index is 260. The predicted octanol–water partition coefficient (Wildman–Crippen LogP) is 1.22. The average Bonchev–Trinajstić information content (AvgIpc) is 2.36. The van der Waals surface area contributed by atoms with Gasteiger partial charge in [0.1, 0.15) is 6.04 Å². The molecule has 0 aromatic carbocycles. The van der Waals surface area contributed by atoms with Crippen LogP contribution in [0.25, 0.3) is 0 Å². The molecule has 0 bridgehead atoms. The normalized spacial score (nSPS) is 26.5. The second-order valence-corrected chi connectivity index (χ2v) is 6.20. The Labute approximate surface area is 106 Å². The second kappa shape index (κ2) is 7.82. The van der Waals surface area contributed by atoms with Gasteiger partial charge in [0.05, 0.1) is 7.11 Å². The molecule has 1 N–H and O–H groups in total. The summed E-state index contributed by atoms with van der Waals surface area (Å²) in [5.41, 5.74) is 0. The molecule has 0 saturated carbocycles. The largest absolute Gasteiger partial charge is 0.468 e. The first kappa shape index (κ1) is 14.6. The van der Waals surface area contributed by atoms with Crippen LogP contribution in [0.1, 0.15) is 39.0 Å². The smallest absolute Gasteiger partial charge is 0.322 e. The first-order valence-electron chi connectivity index (χ1n) is 6.36. The maximum atomic E-state index is 11.6. The van der Waals surface area contributed by atoms with E-state index in [9.17, 15) is 9.00 Å². The average molecular weight is 261 g/mol. The van der Waals surface area contributed by atoms with E-state index in [0.29, 0.717) is 6.04 Å². The van der Waals surface area contributed by atoms with E-state index in [-0.39, 0.29) is 12.0 Å². The van der Waals surface area contributed by atoms with Crippen molar-refractivity contribution in [3.63, 3.8) is 0 Å². The molecule has 0 spiro atoms. The molecule has 1 unspecified atom stereocenters. The highest BCUT2D eigenvalue weighted by Crippen LogP contribution is 2.12. The number of methoxy groups -OCH3 is 1. The molecule has 1 saturated heterocycles. The van der Waals surface area contributed by atoms with Crippen LogP contribution < -0.4 is 5.32 Å². The Morgan fingerprint density at radius 3 is 2.65 bits per heavy atom. The van der Waals surface area contributed by atoms with Gasteiger partial charge in [-0.3, -0.25) is 9.00 Å². The Morgan fingerprint density at radius 2 is 2.12 bits per heavy atom. The summed E-state index contributed by atoms with van der Waals surface area (Å²) in [6, 6.07) is 0.116. The van der Waals surface area contributed by atoms with Crippen LogP contribution in [0.15, 0.2) is 0 Å². The van der Waals surface area contributed by atoms with Crippen LogP contribution in [-0.4, -0.2) is 40.9 Å². The number of ether oxygens (including phenoxy) is 1. The molecule has 17 heavy (non-hydrogen) atoms. The summed E-state index contributed by atoms with van der Waals surface area (Å²) in [6.07, 6.45) is 4.70. The Morgan fingerprint density at radius 1 is 1.47 bits per heavy atom. The highest BCUT2D eigenvalue weighted by atomic mass is 32.2. The minimum atomic E-state index is -0.650. The predicted molar refractivity (Wildman–Crippen MR) is 69.4 cm³/mol. The topological polar surface area (TPSA) is 55.4 Å². The van der Waals surface area contributed by atoms with Crippen LogP contribution in [0, 0.1) is 0 Å². The maximum Gasteiger partial charge on any atom is 0.322 e. The zero-order valence-corrected chi connectivity index (χ0v) is 11.6. The zero-order chi connectivity index (χ0) is 12.7. The Kier molecular flexibility index (Phi) is 6.73. The van der Waals surface area contributed by atoms with Crippen LogP contribution in [-0.2, 0) is 20.3 Å². The van der Waals surface area contributed by atoms with Gasteiger partial charge in [-0.05, 0) is 19.3 Å². The van der Waals surface area contributed by atoms with E-state index in [1.54, 1.807) is 0 Å². The van der Waals surface area contributed by atoms with Gasteiger partial charge in [-0.1, -0.05) is 19.8 Å². The van der Waals surface area contributed by atoms with Crippen molar-refractivity contribution in [2.24, 2.45) is 0 Å². The minimum absolute atomic E-state index is 0.176. The summed E-state index contributed by atoms with van der Waals surface area (Å²) in [4.78, 5) is 11.6. The summed E-state index contributed by atoms with van der Waals surface area (Å²) in [5, 5.41) is 3.35. The number of hydrogen-bond donors (Lipinski definition) is 1. The number of carbonyl (C=O) groups excluding carboxylic acids is 1. The Hall–Kier alpha value is -0.420. The molecule has 0 aromatic heterocycles. The number of hydrogen-bond acceptors (Lipinski definition) is 4. The number of esters is 1. The first-order chi connectivity index (χ1) is 8.17. The van der Waals surface area contributed by atoms with Crippen LogP contribution in [0.4, 0.5) is 0 Å². The molecule has 1 aliphatic heterocycles. The summed E-state index contributed by atoms with van der Waals surface area (Å²) < 4.78 is 16.1. The van der Waals surface area contributed by atoms with E-state index in [4.69, 9.17) is 4.74 Å². The van der Waals surface area contributed by atoms with Crippen molar-refractivity contribution in [2.45, 2.75) is 51.1 Å². The summed E-state index contributed by atoms with van der Waals surface area (Å²) >= 11 is 0. The lowest BCUT2D eigenvalue weighted by Crippen LogP contribution is -2.46. The molecule has 0 amide bonds. The number of carbonyl (C=O) groups is 1. The van der Waals surface area contributed by atoms with Crippen molar-refractivity contribution in [1.29, 1.82) is 0 Å². The molecule has 0 aliphatic carbocycles. The fraction of sp³-hybridized carbons (Fsp3) is 0.917. The minimum Gasteiger partial charge on any atom is -0.468 e. The van der Waals surface area contributed by atoms with Gasteiger partial charge in [0.25, 0.3) is 0 Å². The highest BCUT2D eigenvalue weighted by Gasteiger charge is 2.24. The van der Waals surface area contributed by atoms with Gasteiger partial charge in [0.2, 0.25) is 0 Å². The molecule has 1 aliphatic rings. The third kappa shape index (κ3) is 5.17. The molecule has 1 fully saturated rings. The van der Waals surface area contributed by atoms with Crippen molar-refractivity contribution in [2.75, 3.05) is 18.6 Å². The Balaban J connectivity index is 2.41. The van der Waals surface area contributed by atoms with E-state index in [2.05, 4.69) is 12.2 Å². The van der Waals surface area contributed by atoms with Gasteiger partial charge >= 0.3 is 5.97 Å². The third-order valence-corrected chi connectivity index (χ3v) is 4.54. The quantitative estimate of drug-likeness (QED) is 0.730. The van der Waals surface area contributed by atoms with E-state index in [1.807, 2.05) is 0 Å². The zero-order valence-electron chi connectivity index (χ0n) is 10.7. The molecule has 100 valence electrons. The van der Waals surface area contributed by atoms with Gasteiger partial charge in [-0.25, -0.2) is 0 Å². The number of rotatable bonds is 6. The molecular weight excluding hydrogens is 238 g/mol. The molecule has 0 radical (unpaired) electrons. The standard InChI is InChI=1S/C12H23NO3S/c1-3-4-5-11(12(14)16-2)13-10-6-8-17(15)9-7-10/h10-11,13H,3-9H2,1-2H3. The molecule has 1 rings (SSSR count). The molecule has 1 atom stereocenters. The molecular formula is C12H23NO3S. The van der Waals surface area contributed by atoms with Gasteiger partial charge in [0, 0.05) is 28.3 Å². The van der Waals surface area contributed by atoms with Crippen molar-refractivity contribution in [3.8, 4) is 0 Å². The summed E-state index contributed by atoms with van der Waals surface area (Å²) in [7, 11) is 0.780. The molecule has 0 aromatic rings. The maximum absolute atomic E-state index is 11.6. The monoisotopic (exact) mass is 261 g/mol.